The van der Waals surface area contributed by atoms with Crippen LogP contribution in [0.4, 0.5) is 0 Å². The van der Waals surface area contributed by atoms with E-state index in [1.807, 2.05) is 13.8 Å². The largest absolute Gasteiger partial charge is 0.391 e. The van der Waals surface area contributed by atoms with Crippen LogP contribution in [-0.2, 0) is 14.3 Å². The Morgan fingerprint density at radius 2 is 2.00 bits per heavy atom. The number of esters is 2. The first-order chi connectivity index (χ1) is 5.93. The van der Waals surface area contributed by atoms with Gasteiger partial charge in [-0.15, -0.1) is 0 Å². The summed E-state index contributed by atoms with van der Waals surface area (Å²) in [5.41, 5.74) is 0.974. The Morgan fingerprint density at radius 3 is 2.38 bits per heavy atom. The predicted octanol–water partition coefficient (Wildman–Crippen LogP) is 0.793. The van der Waals surface area contributed by atoms with Crippen molar-refractivity contribution < 1.29 is 19.4 Å². The van der Waals surface area contributed by atoms with Gasteiger partial charge in [0.05, 0.1) is 6.42 Å². The third-order valence-electron chi connectivity index (χ3n) is 1.23. The van der Waals surface area contributed by atoms with E-state index in [-0.39, 0.29) is 6.42 Å². The lowest BCUT2D eigenvalue weighted by Gasteiger charge is -2.02. The molecule has 1 unspecified atom stereocenters. The van der Waals surface area contributed by atoms with Crippen LogP contribution in [0, 0.1) is 0 Å². The minimum absolute atomic E-state index is 0.0563. The van der Waals surface area contributed by atoms with Crippen molar-refractivity contribution >= 4 is 11.9 Å². The normalized spacial score (nSPS) is 11.7. The zero-order valence-corrected chi connectivity index (χ0v) is 8.03. The Morgan fingerprint density at radius 1 is 1.46 bits per heavy atom. The van der Waals surface area contributed by atoms with Crippen molar-refractivity contribution in [3.05, 3.63) is 11.6 Å². The maximum absolute atomic E-state index is 10.9. The molecule has 0 aromatic heterocycles. The molecule has 0 saturated heterocycles. The molecule has 4 nitrogen and oxygen atoms in total. The van der Waals surface area contributed by atoms with Crippen molar-refractivity contribution in [3.8, 4) is 0 Å². The van der Waals surface area contributed by atoms with E-state index < -0.39 is 18.0 Å². The third kappa shape index (κ3) is 6.04. The molecular weight excluding hydrogens is 172 g/mol. The van der Waals surface area contributed by atoms with Gasteiger partial charge in [-0.2, -0.15) is 0 Å². The molecule has 0 saturated carbocycles. The van der Waals surface area contributed by atoms with Gasteiger partial charge in [-0.25, -0.2) is 4.79 Å². The van der Waals surface area contributed by atoms with Crippen molar-refractivity contribution in [2.45, 2.75) is 33.3 Å². The van der Waals surface area contributed by atoms with Crippen LogP contribution in [0.5, 0.6) is 0 Å². The first-order valence-corrected chi connectivity index (χ1v) is 3.99. The molecule has 0 spiro atoms. The average Bonchev–Trinajstić information content (AvgIpc) is 2.00. The summed E-state index contributed by atoms with van der Waals surface area (Å²) in [6, 6.07) is 0. The number of aliphatic hydroxyl groups excluding tert-OH is 1. The summed E-state index contributed by atoms with van der Waals surface area (Å²) in [5.74, 6) is -1.56. The first kappa shape index (κ1) is 11.8. The van der Waals surface area contributed by atoms with Crippen LogP contribution in [-0.4, -0.2) is 23.1 Å². The van der Waals surface area contributed by atoms with Crippen molar-refractivity contribution in [1.29, 1.82) is 0 Å². The molecular formula is C9H14O4. The smallest absolute Gasteiger partial charge is 0.342 e. The van der Waals surface area contributed by atoms with Crippen LogP contribution >= 0.6 is 0 Å². The van der Waals surface area contributed by atoms with Gasteiger partial charge in [-0.3, -0.25) is 4.79 Å². The van der Waals surface area contributed by atoms with Gasteiger partial charge in [0, 0.05) is 0 Å². The van der Waals surface area contributed by atoms with Gasteiger partial charge in [-0.05, 0) is 20.8 Å². The van der Waals surface area contributed by atoms with Crippen LogP contribution in [0.15, 0.2) is 11.6 Å². The van der Waals surface area contributed by atoms with Crippen molar-refractivity contribution in [2.24, 2.45) is 0 Å². The van der Waals surface area contributed by atoms with Gasteiger partial charge in [0.15, 0.2) is 0 Å². The van der Waals surface area contributed by atoms with Crippen molar-refractivity contribution in [1.82, 2.24) is 0 Å². The summed E-state index contributed by atoms with van der Waals surface area (Å²) in [6.07, 6.45) is 0.453. The number of hydrogen-bond donors (Lipinski definition) is 1. The second-order valence-electron chi connectivity index (χ2n) is 2.95. The highest BCUT2D eigenvalue weighted by Crippen LogP contribution is 1.96. The maximum Gasteiger partial charge on any atom is 0.342 e. The molecule has 1 atom stereocenters. The molecule has 0 fully saturated rings. The predicted molar refractivity (Wildman–Crippen MR) is 46.8 cm³/mol. The third-order valence-corrected chi connectivity index (χ3v) is 1.23. The lowest BCUT2D eigenvalue weighted by Crippen LogP contribution is -2.22. The average molecular weight is 186 g/mol. The molecule has 0 bridgehead atoms. The number of carbonyl (C=O) groups excluding carboxylic acids is 2. The fourth-order valence-electron chi connectivity index (χ4n) is 0.527. The van der Waals surface area contributed by atoms with Crippen LogP contribution in [0.1, 0.15) is 27.2 Å². The van der Waals surface area contributed by atoms with Gasteiger partial charge in [0.2, 0.25) is 0 Å². The molecule has 4 heteroatoms. The summed E-state index contributed by atoms with van der Waals surface area (Å²) in [7, 11) is 0. The maximum atomic E-state index is 10.9. The molecule has 13 heavy (non-hydrogen) atoms. The van der Waals surface area contributed by atoms with Crippen LogP contribution in [0.3, 0.4) is 0 Å². The number of ether oxygens (including phenoxy) is 1. The minimum atomic E-state index is -1.25. The topological polar surface area (TPSA) is 63.6 Å². The Bertz CT molecular complexity index is 224. The lowest BCUT2D eigenvalue weighted by atomic mass is 10.3. The van der Waals surface area contributed by atoms with Gasteiger partial charge in [0.25, 0.3) is 0 Å². The number of allylic oxidation sites excluding steroid dienone is 1. The van der Waals surface area contributed by atoms with E-state index in [1.54, 1.807) is 6.08 Å². The summed E-state index contributed by atoms with van der Waals surface area (Å²) >= 11 is 0. The number of carbonyl (C=O) groups is 2. The van der Waals surface area contributed by atoms with Gasteiger partial charge in [0.1, 0.15) is 6.10 Å². The number of aliphatic hydroxyl groups is 1. The molecule has 74 valence electrons. The molecule has 0 radical (unpaired) electrons. The molecule has 0 aliphatic heterocycles. The highest BCUT2D eigenvalue weighted by Gasteiger charge is 2.14. The van der Waals surface area contributed by atoms with E-state index >= 15 is 0 Å². The fourth-order valence-corrected chi connectivity index (χ4v) is 0.527. The Labute approximate surface area is 77.2 Å². The Balaban J connectivity index is 3.89. The molecule has 0 aliphatic rings. The van der Waals surface area contributed by atoms with Gasteiger partial charge >= 0.3 is 11.9 Å². The molecule has 1 N–H and O–H groups in total. The first-order valence-electron chi connectivity index (χ1n) is 3.99. The van der Waals surface area contributed by atoms with E-state index in [2.05, 4.69) is 4.74 Å². The highest BCUT2D eigenvalue weighted by atomic mass is 16.6. The van der Waals surface area contributed by atoms with E-state index in [0.29, 0.717) is 0 Å². The molecule has 0 heterocycles. The minimum Gasteiger partial charge on any atom is -0.391 e. The van der Waals surface area contributed by atoms with Crippen molar-refractivity contribution in [3.63, 3.8) is 0 Å². The molecule has 0 rings (SSSR count). The SMILES string of the molecule is CC(C)=CCC(=O)OC(=O)C(C)O. The van der Waals surface area contributed by atoms with Gasteiger partial charge < -0.3 is 9.84 Å². The van der Waals surface area contributed by atoms with Crippen LogP contribution in [0.25, 0.3) is 0 Å². The second-order valence-corrected chi connectivity index (χ2v) is 2.95. The molecule has 0 amide bonds. The lowest BCUT2D eigenvalue weighted by molar-refractivity contribution is -0.164. The zero-order chi connectivity index (χ0) is 10.4. The van der Waals surface area contributed by atoms with E-state index in [1.165, 1.54) is 6.92 Å². The van der Waals surface area contributed by atoms with E-state index in [0.717, 1.165) is 5.57 Å². The van der Waals surface area contributed by atoms with Crippen LogP contribution in [0.2, 0.25) is 0 Å². The second kappa shape index (κ2) is 5.48. The molecule has 0 aliphatic carbocycles. The summed E-state index contributed by atoms with van der Waals surface area (Å²) in [5, 5.41) is 8.71. The fraction of sp³-hybridized carbons (Fsp3) is 0.556. The number of rotatable bonds is 3. The summed E-state index contributed by atoms with van der Waals surface area (Å²) < 4.78 is 4.29. The van der Waals surface area contributed by atoms with E-state index in [4.69, 9.17) is 5.11 Å². The Hall–Kier alpha value is -1.16. The Kier molecular flexibility index (Phi) is 4.99. The monoisotopic (exact) mass is 186 g/mol. The number of hydrogen-bond acceptors (Lipinski definition) is 4. The molecule has 0 aromatic rings. The standard InChI is InChI=1S/C9H14O4/c1-6(2)4-5-8(11)13-9(12)7(3)10/h4,7,10H,5H2,1-3H3. The quantitative estimate of drug-likeness (QED) is 0.402. The molecule has 0 aromatic carbocycles. The summed E-state index contributed by atoms with van der Waals surface area (Å²) in [4.78, 5) is 21.5. The highest BCUT2D eigenvalue weighted by molar-refractivity contribution is 5.88. The van der Waals surface area contributed by atoms with Gasteiger partial charge in [-0.1, -0.05) is 11.6 Å². The van der Waals surface area contributed by atoms with Crippen LogP contribution < -0.4 is 0 Å². The van der Waals surface area contributed by atoms with E-state index in [9.17, 15) is 9.59 Å². The van der Waals surface area contributed by atoms with Crippen molar-refractivity contribution in [2.75, 3.05) is 0 Å². The summed E-state index contributed by atoms with van der Waals surface area (Å²) in [6.45, 7) is 4.92. The zero-order valence-electron chi connectivity index (χ0n) is 8.03.